The van der Waals surface area contributed by atoms with Gasteiger partial charge in [-0.15, -0.1) is 0 Å². The molecule has 0 N–H and O–H groups in total. The lowest BCUT2D eigenvalue weighted by molar-refractivity contribution is 0.142. The maximum Gasteiger partial charge on any atom is 0.0772 e. The molecule has 138 valence electrons. The molecule has 27 heavy (non-hydrogen) atoms. The van der Waals surface area contributed by atoms with Crippen molar-refractivity contribution in [2.75, 3.05) is 13.2 Å². The maximum atomic E-state index is 5.53. The molecule has 3 aromatic rings. The zero-order chi connectivity index (χ0) is 18.7. The van der Waals surface area contributed by atoms with Crippen molar-refractivity contribution in [2.24, 2.45) is 4.99 Å². The molecule has 3 heteroatoms. The standard InChI is InChI=1S/C24H26N2O/c1-2-27-18-10-16-23(22-15-9-17-25-19-22)26-24(20-11-5-3-6-12-20)21-13-7-4-8-14-21/h3-9,11-15,17,19,23H,2,10,16,18H2,1H3. The van der Waals surface area contributed by atoms with Gasteiger partial charge >= 0.3 is 0 Å². The molecule has 0 aliphatic carbocycles. The Labute approximate surface area is 161 Å². The van der Waals surface area contributed by atoms with Crippen LogP contribution in [0.5, 0.6) is 0 Å². The van der Waals surface area contributed by atoms with Crippen LogP contribution in [0.2, 0.25) is 0 Å². The number of benzene rings is 2. The van der Waals surface area contributed by atoms with Crippen molar-refractivity contribution in [1.29, 1.82) is 0 Å². The van der Waals surface area contributed by atoms with Gasteiger partial charge in [0.05, 0.1) is 11.8 Å². The van der Waals surface area contributed by atoms with E-state index in [1.165, 1.54) is 0 Å². The van der Waals surface area contributed by atoms with E-state index in [9.17, 15) is 0 Å². The van der Waals surface area contributed by atoms with Crippen molar-refractivity contribution in [2.45, 2.75) is 25.8 Å². The van der Waals surface area contributed by atoms with Gasteiger partial charge in [0.1, 0.15) is 0 Å². The van der Waals surface area contributed by atoms with Crippen LogP contribution in [0.25, 0.3) is 0 Å². The summed E-state index contributed by atoms with van der Waals surface area (Å²) in [6.45, 7) is 3.54. The van der Waals surface area contributed by atoms with Gasteiger partial charge in [0.15, 0.2) is 0 Å². The summed E-state index contributed by atoms with van der Waals surface area (Å²) in [6, 6.07) is 24.9. The van der Waals surface area contributed by atoms with Gasteiger partial charge in [0.2, 0.25) is 0 Å². The minimum absolute atomic E-state index is 0.0505. The Bertz CT molecular complexity index is 775. The SMILES string of the molecule is CCOCCCC(N=C(c1ccccc1)c1ccccc1)c1cccnc1. The smallest absolute Gasteiger partial charge is 0.0772 e. The minimum atomic E-state index is 0.0505. The number of hydrogen-bond acceptors (Lipinski definition) is 3. The van der Waals surface area contributed by atoms with Gasteiger partial charge in [-0.2, -0.15) is 0 Å². The van der Waals surface area contributed by atoms with E-state index < -0.39 is 0 Å². The van der Waals surface area contributed by atoms with Crippen LogP contribution in [0.4, 0.5) is 0 Å². The van der Waals surface area contributed by atoms with E-state index in [0.717, 1.165) is 48.5 Å². The zero-order valence-electron chi connectivity index (χ0n) is 15.8. The van der Waals surface area contributed by atoms with Crippen molar-refractivity contribution in [1.82, 2.24) is 4.98 Å². The molecule has 3 nitrogen and oxygen atoms in total. The minimum Gasteiger partial charge on any atom is -0.382 e. The second-order valence-electron chi connectivity index (χ2n) is 6.35. The van der Waals surface area contributed by atoms with Crippen molar-refractivity contribution >= 4 is 5.71 Å². The Kier molecular flexibility index (Phi) is 7.31. The van der Waals surface area contributed by atoms with Gasteiger partial charge in [0, 0.05) is 36.7 Å². The monoisotopic (exact) mass is 358 g/mol. The summed E-state index contributed by atoms with van der Waals surface area (Å²) in [7, 11) is 0. The van der Waals surface area contributed by atoms with E-state index in [2.05, 4.69) is 59.6 Å². The summed E-state index contributed by atoms with van der Waals surface area (Å²) < 4.78 is 5.53. The van der Waals surface area contributed by atoms with Gasteiger partial charge in [-0.25, -0.2) is 0 Å². The maximum absolute atomic E-state index is 5.53. The van der Waals surface area contributed by atoms with Crippen molar-refractivity contribution < 1.29 is 4.74 Å². The highest BCUT2D eigenvalue weighted by molar-refractivity contribution is 6.12. The molecule has 1 heterocycles. The summed E-state index contributed by atoms with van der Waals surface area (Å²) in [5, 5.41) is 0. The molecule has 0 saturated heterocycles. The molecule has 0 amide bonds. The Balaban J connectivity index is 1.97. The Morgan fingerprint density at radius 3 is 2.15 bits per heavy atom. The highest BCUT2D eigenvalue weighted by atomic mass is 16.5. The number of nitrogens with zero attached hydrogens (tertiary/aromatic N) is 2. The molecular weight excluding hydrogens is 332 g/mol. The molecule has 1 unspecified atom stereocenters. The van der Waals surface area contributed by atoms with E-state index in [1.54, 1.807) is 6.20 Å². The molecule has 1 atom stereocenters. The highest BCUT2D eigenvalue weighted by Gasteiger charge is 2.14. The van der Waals surface area contributed by atoms with Crippen LogP contribution >= 0.6 is 0 Å². The number of pyridine rings is 1. The summed E-state index contributed by atoms with van der Waals surface area (Å²) in [6.07, 6.45) is 5.62. The van der Waals surface area contributed by atoms with Crippen molar-refractivity contribution in [3.05, 3.63) is 102 Å². The summed E-state index contributed by atoms with van der Waals surface area (Å²) in [5.41, 5.74) is 4.41. The van der Waals surface area contributed by atoms with E-state index in [0.29, 0.717) is 0 Å². The normalized spacial score (nSPS) is 11.7. The largest absolute Gasteiger partial charge is 0.382 e. The Morgan fingerprint density at radius 1 is 0.926 bits per heavy atom. The van der Waals surface area contributed by atoms with E-state index in [-0.39, 0.29) is 6.04 Å². The van der Waals surface area contributed by atoms with Crippen LogP contribution in [0.15, 0.2) is 90.2 Å². The molecule has 3 rings (SSSR count). The second kappa shape index (κ2) is 10.4. The third-order valence-electron chi connectivity index (χ3n) is 4.42. The average Bonchev–Trinajstić information content (AvgIpc) is 2.75. The number of hydrogen-bond donors (Lipinski definition) is 0. The zero-order valence-corrected chi connectivity index (χ0v) is 15.8. The van der Waals surface area contributed by atoms with E-state index >= 15 is 0 Å². The number of ether oxygens (including phenoxy) is 1. The lowest BCUT2D eigenvalue weighted by Gasteiger charge is -2.16. The molecule has 0 fully saturated rings. The fourth-order valence-corrected chi connectivity index (χ4v) is 3.07. The predicted octanol–water partition coefficient (Wildman–Crippen LogP) is 5.48. The lowest BCUT2D eigenvalue weighted by atomic mass is 9.99. The topological polar surface area (TPSA) is 34.5 Å². The van der Waals surface area contributed by atoms with E-state index in [1.807, 2.05) is 31.3 Å². The number of aromatic nitrogens is 1. The molecule has 0 saturated carbocycles. The summed E-state index contributed by atoms with van der Waals surface area (Å²) in [5.74, 6) is 0. The van der Waals surface area contributed by atoms with Crippen LogP contribution in [-0.4, -0.2) is 23.9 Å². The summed E-state index contributed by atoms with van der Waals surface area (Å²) in [4.78, 5) is 9.51. The second-order valence-corrected chi connectivity index (χ2v) is 6.35. The Morgan fingerprint density at radius 2 is 1.59 bits per heavy atom. The Hall–Kier alpha value is -2.78. The summed E-state index contributed by atoms with van der Waals surface area (Å²) >= 11 is 0. The first-order valence-electron chi connectivity index (χ1n) is 9.54. The van der Waals surface area contributed by atoms with Crippen LogP contribution in [-0.2, 0) is 4.74 Å². The van der Waals surface area contributed by atoms with Crippen molar-refractivity contribution in [3.8, 4) is 0 Å². The number of rotatable bonds is 9. The van der Waals surface area contributed by atoms with Crippen LogP contribution in [0, 0.1) is 0 Å². The molecule has 0 aliphatic heterocycles. The first-order chi connectivity index (χ1) is 13.4. The van der Waals surface area contributed by atoms with Crippen LogP contribution in [0.1, 0.15) is 42.5 Å². The fraction of sp³-hybridized carbons (Fsp3) is 0.250. The predicted molar refractivity (Wildman–Crippen MR) is 111 cm³/mol. The fourth-order valence-electron chi connectivity index (χ4n) is 3.07. The van der Waals surface area contributed by atoms with Gasteiger partial charge in [-0.1, -0.05) is 66.7 Å². The molecule has 0 bridgehead atoms. The van der Waals surface area contributed by atoms with Crippen LogP contribution in [0.3, 0.4) is 0 Å². The molecule has 0 spiro atoms. The quantitative estimate of drug-likeness (QED) is 0.375. The molecule has 0 radical (unpaired) electrons. The van der Waals surface area contributed by atoms with Gasteiger partial charge < -0.3 is 4.74 Å². The van der Waals surface area contributed by atoms with Crippen LogP contribution < -0.4 is 0 Å². The highest BCUT2D eigenvalue weighted by Crippen LogP contribution is 2.25. The average molecular weight is 358 g/mol. The van der Waals surface area contributed by atoms with Gasteiger partial charge in [0.25, 0.3) is 0 Å². The lowest BCUT2D eigenvalue weighted by Crippen LogP contribution is -2.08. The first-order valence-corrected chi connectivity index (χ1v) is 9.54. The molecule has 0 aliphatic rings. The number of aliphatic imine (C=N–C) groups is 1. The molecule has 2 aromatic carbocycles. The van der Waals surface area contributed by atoms with Gasteiger partial charge in [-0.05, 0) is 31.4 Å². The third kappa shape index (κ3) is 5.60. The third-order valence-corrected chi connectivity index (χ3v) is 4.42. The first kappa shape index (κ1) is 19.0. The van der Waals surface area contributed by atoms with Crippen molar-refractivity contribution in [3.63, 3.8) is 0 Å². The van der Waals surface area contributed by atoms with Gasteiger partial charge in [-0.3, -0.25) is 9.98 Å². The van der Waals surface area contributed by atoms with E-state index in [4.69, 9.17) is 9.73 Å². The molecular formula is C24H26N2O. The molecule has 1 aromatic heterocycles.